The van der Waals surface area contributed by atoms with Crippen LogP contribution in [0.3, 0.4) is 0 Å². The number of nitrogens with zero attached hydrogens (tertiary/aromatic N) is 2. The first-order chi connectivity index (χ1) is 9.81. The summed E-state index contributed by atoms with van der Waals surface area (Å²) < 4.78 is 0. The van der Waals surface area contributed by atoms with E-state index in [1.807, 2.05) is 24.3 Å². The van der Waals surface area contributed by atoms with Crippen molar-refractivity contribution in [3.63, 3.8) is 0 Å². The first-order valence-electron chi connectivity index (χ1n) is 6.16. The molecule has 0 spiro atoms. The molecule has 0 bridgehead atoms. The number of pyridine rings is 1. The number of nitrogens with one attached hydrogen (secondary N) is 1. The van der Waals surface area contributed by atoms with Crippen molar-refractivity contribution in [1.29, 1.82) is 0 Å². The van der Waals surface area contributed by atoms with Crippen molar-refractivity contribution in [3.05, 3.63) is 64.2 Å². The van der Waals surface area contributed by atoms with Gasteiger partial charge in [-0.3, -0.25) is 0 Å². The lowest BCUT2D eigenvalue weighted by atomic mass is 10.2. The van der Waals surface area contributed by atoms with Crippen molar-refractivity contribution in [2.75, 3.05) is 5.32 Å². The molecule has 0 unspecified atom stereocenters. The number of anilines is 1. The van der Waals surface area contributed by atoms with E-state index in [1.54, 1.807) is 23.6 Å². The maximum absolute atomic E-state index is 5.75. The molecule has 0 fully saturated rings. The SMILES string of the molecule is Clc1ccc(NCc2nc(-c3ccccc3)cs2)cn1. The van der Waals surface area contributed by atoms with Gasteiger partial charge >= 0.3 is 0 Å². The van der Waals surface area contributed by atoms with E-state index in [0.717, 1.165) is 22.0 Å². The number of hydrogen-bond donors (Lipinski definition) is 1. The van der Waals surface area contributed by atoms with Crippen LogP contribution in [0.1, 0.15) is 5.01 Å². The third-order valence-electron chi connectivity index (χ3n) is 2.79. The molecule has 1 aromatic carbocycles. The molecule has 100 valence electrons. The van der Waals surface area contributed by atoms with E-state index in [0.29, 0.717) is 11.7 Å². The Kier molecular flexibility index (Phi) is 3.95. The van der Waals surface area contributed by atoms with Crippen LogP contribution in [0.5, 0.6) is 0 Å². The first-order valence-corrected chi connectivity index (χ1v) is 7.42. The Morgan fingerprint density at radius 1 is 1.10 bits per heavy atom. The van der Waals surface area contributed by atoms with Crippen LogP contribution in [0, 0.1) is 0 Å². The molecule has 2 aromatic heterocycles. The number of hydrogen-bond acceptors (Lipinski definition) is 4. The zero-order valence-corrected chi connectivity index (χ0v) is 12.2. The molecular weight excluding hydrogens is 290 g/mol. The summed E-state index contributed by atoms with van der Waals surface area (Å²) in [5.41, 5.74) is 3.09. The lowest BCUT2D eigenvalue weighted by Gasteiger charge is -2.03. The first kappa shape index (κ1) is 13.1. The fourth-order valence-corrected chi connectivity index (χ4v) is 2.65. The van der Waals surface area contributed by atoms with Gasteiger partial charge in [-0.15, -0.1) is 11.3 Å². The van der Waals surface area contributed by atoms with E-state index in [4.69, 9.17) is 11.6 Å². The fourth-order valence-electron chi connectivity index (χ4n) is 1.79. The molecule has 0 aliphatic carbocycles. The normalized spacial score (nSPS) is 10.4. The summed E-state index contributed by atoms with van der Waals surface area (Å²) in [5.74, 6) is 0. The Morgan fingerprint density at radius 3 is 2.70 bits per heavy atom. The summed E-state index contributed by atoms with van der Waals surface area (Å²) in [6.45, 7) is 0.681. The maximum Gasteiger partial charge on any atom is 0.129 e. The van der Waals surface area contributed by atoms with Crippen molar-refractivity contribution in [3.8, 4) is 11.3 Å². The van der Waals surface area contributed by atoms with E-state index >= 15 is 0 Å². The molecule has 2 heterocycles. The van der Waals surface area contributed by atoms with Crippen LogP contribution in [0.4, 0.5) is 5.69 Å². The Hall–Kier alpha value is -1.91. The predicted molar refractivity (Wildman–Crippen MR) is 84.1 cm³/mol. The second-order valence-electron chi connectivity index (χ2n) is 4.22. The van der Waals surface area contributed by atoms with Crippen LogP contribution in [0.2, 0.25) is 5.15 Å². The van der Waals surface area contributed by atoms with Crippen LogP contribution in [-0.4, -0.2) is 9.97 Å². The molecule has 3 aromatic rings. The average molecular weight is 302 g/mol. The minimum absolute atomic E-state index is 0.496. The maximum atomic E-state index is 5.75. The molecule has 5 heteroatoms. The number of rotatable bonds is 4. The van der Waals surface area contributed by atoms with Crippen LogP contribution >= 0.6 is 22.9 Å². The molecule has 0 saturated heterocycles. The van der Waals surface area contributed by atoms with Gasteiger partial charge in [0, 0.05) is 10.9 Å². The summed E-state index contributed by atoms with van der Waals surface area (Å²) in [6.07, 6.45) is 1.72. The Balaban J connectivity index is 1.67. The summed E-state index contributed by atoms with van der Waals surface area (Å²) >= 11 is 7.40. The van der Waals surface area contributed by atoms with E-state index in [9.17, 15) is 0 Å². The molecule has 3 nitrogen and oxygen atoms in total. The lowest BCUT2D eigenvalue weighted by Crippen LogP contribution is -1.99. The Morgan fingerprint density at radius 2 is 1.95 bits per heavy atom. The van der Waals surface area contributed by atoms with Crippen LogP contribution in [0.15, 0.2) is 54.0 Å². The summed E-state index contributed by atoms with van der Waals surface area (Å²) in [5, 5.41) is 6.89. The number of benzene rings is 1. The molecule has 0 aliphatic rings. The van der Waals surface area contributed by atoms with Gasteiger partial charge in [0.2, 0.25) is 0 Å². The van der Waals surface area contributed by atoms with Gasteiger partial charge in [0.15, 0.2) is 0 Å². The summed E-state index contributed by atoms with van der Waals surface area (Å²) in [4.78, 5) is 8.65. The van der Waals surface area contributed by atoms with Crippen molar-refractivity contribution in [2.24, 2.45) is 0 Å². The highest BCUT2D eigenvalue weighted by Gasteiger charge is 2.04. The van der Waals surface area contributed by atoms with Crippen LogP contribution in [-0.2, 0) is 6.54 Å². The van der Waals surface area contributed by atoms with E-state index in [2.05, 4.69) is 32.8 Å². The van der Waals surface area contributed by atoms with Gasteiger partial charge in [-0.1, -0.05) is 41.9 Å². The summed E-state index contributed by atoms with van der Waals surface area (Å²) in [6, 6.07) is 13.8. The van der Waals surface area contributed by atoms with Crippen LogP contribution < -0.4 is 5.32 Å². The zero-order valence-electron chi connectivity index (χ0n) is 10.6. The highest BCUT2D eigenvalue weighted by atomic mass is 35.5. The quantitative estimate of drug-likeness (QED) is 0.722. The Labute approximate surface area is 126 Å². The van der Waals surface area contributed by atoms with E-state index in [-0.39, 0.29) is 0 Å². The molecule has 3 rings (SSSR count). The Bertz CT molecular complexity index is 680. The second-order valence-corrected chi connectivity index (χ2v) is 5.55. The summed E-state index contributed by atoms with van der Waals surface area (Å²) in [7, 11) is 0. The van der Waals surface area contributed by atoms with Crippen molar-refractivity contribution in [2.45, 2.75) is 6.54 Å². The molecule has 0 saturated carbocycles. The van der Waals surface area contributed by atoms with Crippen LogP contribution in [0.25, 0.3) is 11.3 Å². The highest BCUT2D eigenvalue weighted by Crippen LogP contribution is 2.22. The second kappa shape index (κ2) is 6.03. The number of thiazole rings is 1. The monoisotopic (exact) mass is 301 g/mol. The molecular formula is C15H12ClN3S. The average Bonchev–Trinajstić information content (AvgIpc) is 2.97. The van der Waals surface area contributed by atoms with Gasteiger partial charge in [-0.05, 0) is 12.1 Å². The minimum Gasteiger partial charge on any atom is -0.377 e. The lowest BCUT2D eigenvalue weighted by molar-refractivity contribution is 1.10. The molecule has 0 amide bonds. The zero-order chi connectivity index (χ0) is 13.8. The molecule has 20 heavy (non-hydrogen) atoms. The molecule has 1 N–H and O–H groups in total. The van der Waals surface area contributed by atoms with Gasteiger partial charge in [0.25, 0.3) is 0 Å². The predicted octanol–water partition coefficient (Wildman–Crippen LogP) is 4.47. The van der Waals surface area contributed by atoms with Gasteiger partial charge in [-0.25, -0.2) is 9.97 Å². The van der Waals surface area contributed by atoms with Gasteiger partial charge in [-0.2, -0.15) is 0 Å². The van der Waals surface area contributed by atoms with Crippen molar-refractivity contribution >= 4 is 28.6 Å². The standard InChI is InChI=1S/C15H12ClN3S/c16-14-7-6-12(8-18-14)17-9-15-19-13(10-20-15)11-4-2-1-3-5-11/h1-8,10,17H,9H2. The molecule has 0 aliphatic heterocycles. The smallest absolute Gasteiger partial charge is 0.129 e. The topological polar surface area (TPSA) is 37.8 Å². The fraction of sp³-hybridized carbons (Fsp3) is 0.0667. The van der Waals surface area contributed by atoms with Gasteiger partial charge in [0.1, 0.15) is 10.2 Å². The highest BCUT2D eigenvalue weighted by molar-refractivity contribution is 7.09. The number of aromatic nitrogens is 2. The van der Waals surface area contributed by atoms with E-state index in [1.165, 1.54) is 0 Å². The van der Waals surface area contributed by atoms with Crippen molar-refractivity contribution in [1.82, 2.24) is 9.97 Å². The molecule has 0 radical (unpaired) electrons. The largest absolute Gasteiger partial charge is 0.377 e. The van der Waals surface area contributed by atoms with Gasteiger partial charge < -0.3 is 5.32 Å². The minimum atomic E-state index is 0.496. The van der Waals surface area contributed by atoms with Crippen molar-refractivity contribution < 1.29 is 0 Å². The van der Waals surface area contributed by atoms with E-state index < -0.39 is 0 Å². The van der Waals surface area contributed by atoms with Gasteiger partial charge in [0.05, 0.1) is 24.1 Å². The molecule has 0 atom stereocenters. The third kappa shape index (κ3) is 3.15. The number of halogens is 1. The third-order valence-corrected chi connectivity index (χ3v) is 3.86.